The first kappa shape index (κ1) is 19.5. The standard InChI is InChI=1S/C22H19ClN2O3/c1-27-21-12-9-18(23)13-20(21)22(26)25-24-14-16-7-10-19(11-8-16)28-15-17-5-3-2-4-6-17/h2-14H,15H2,1H3,(H,25,26). The Labute approximate surface area is 168 Å². The maximum Gasteiger partial charge on any atom is 0.275 e. The minimum Gasteiger partial charge on any atom is -0.496 e. The van der Waals surface area contributed by atoms with Gasteiger partial charge in [-0.3, -0.25) is 4.79 Å². The van der Waals surface area contributed by atoms with Gasteiger partial charge in [-0.05, 0) is 53.6 Å². The van der Waals surface area contributed by atoms with E-state index in [9.17, 15) is 4.79 Å². The molecule has 0 fully saturated rings. The monoisotopic (exact) mass is 394 g/mol. The number of rotatable bonds is 7. The molecule has 1 N–H and O–H groups in total. The quantitative estimate of drug-likeness (QED) is 0.467. The van der Waals surface area contributed by atoms with Gasteiger partial charge in [-0.1, -0.05) is 41.9 Å². The Morgan fingerprint density at radius 3 is 2.54 bits per heavy atom. The first-order chi connectivity index (χ1) is 13.7. The van der Waals surface area contributed by atoms with E-state index in [1.807, 2.05) is 54.6 Å². The summed E-state index contributed by atoms with van der Waals surface area (Å²) in [4.78, 5) is 12.3. The Kier molecular flexibility index (Phi) is 6.65. The van der Waals surface area contributed by atoms with Crippen LogP contribution in [0.25, 0.3) is 0 Å². The second kappa shape index (κ2) is 9.58. The van der Waals surface area contributed by atoms with E-state index in [0.29, 0.717) is 22.9 Å². The number of nitrogens with zero attached hydrogens (tertiary/aromatic N) is 1. The molecular weight excluding hydrogens is 376 g/mol. The first-order valence-corrected chi connectivity index (χ1v) is 8.97. The second-order valence-electron chi connectivity index (χ2n) is 5.89. The van der Waals surface area contributed by atoms with Gasteiger partial charge in [0.05, 0.1) is 18.9 Å². The number of nitrogens with one attached hydrogen (secondary N) is 1. The van der Waals surface area contributed by atoms with E-state index in [1.165, 1.54) is 13.2 Å². The average molecular weight is 395 g/mol. The predicted molar refractivity (Wildman–Crippen MR) is 110 cm³/mol. The van der Waals surface area contributed by atoms with Crippen LogP contribution in [0, 0.1) is 0 Å². The van der Waals surface area contributed by atoms with Crippen LogP contribution in [0.3, 0.4) is 0 Å². The minimum absolute atomic E-state index is 0.316. The summed E-state index contributed by atoms with van der Waals surface area (Å²) < 4.78 is 10.9. The first-order valence-electron chi connectivity index (χ1n) is 8.59. The molecule has 0 heterocycles. The molecule has 3 aromatic carbocycles. The lowest BCUT2D eigenvalue weighted by atomic mass is 10.2. The number of hydrogen-bond acceptors (Lipinski definition) is 4. The summed E-state index contributed by atoms with van der Waals surface area (Å²) in [6, 6.07) is 22.2. The van der Waals surface area contributed by atoms with Gasteiger partial charge in [0.25, 0.3) is 5.91 Å². The van der Waals surface area contributed by atoms with Gasteiger partial charge in [-0.25, -0.2) is 5.43 Å². The van der Waals surface area contributed by atoms with Gasteiger partial charge in [0.1, 0.15) is 18.1 Å². The highest BCUT2D eigenvalue weighted by Gasteiger charge is 2.12. The predicted octanol–water partition coefficient (Wildman–Crippen LogP) is 4.69. The van der Waals surface area contributed by atoms with Crippen molar-refractivity contribution < 1.29 is 14.3 Å². The Morgan fingerprint density at radius 1 is 1.07 bits per heavy atom. The number of halogens is 1. The Balaban J connectivity index is 1.56. The van der Waals surface area contributed by atoms with Crippen LogP contribution in [0.5, 0.6) is 11.5 Å². The highest BCUT2D eigenvalue weighted by molar-refractivity contribution is 6.31. The van der Waals surface area contributed by atoms with Crippen LogP contribution in [0.4, 0.5) is 0 Å². The molecular formula is C22H19ClN2O3. The summed E-state index contributed by atoms with van der Waals surface area (Å²) in [5.41, 5.74) is 4.72. The molecule has 0 unspecified atom stereocenters. The third kappa shape index (κ3) is 5.34. The van der Waals surface area contributed by atoms with E-state index in [2.05, 4.69) is 10.5 Å². The maximum absolute atomic E-state index is 12.3. The zero-order valence-corrected chi connectivity index (χ0v) is 16.0. The molecule has 0 bridgehead atoms. The van der Waals surface area contributed by atoms with Crippen LogP contribution in [0.15, 0.2) is 77.9 Å². The van der Waals surface area contributed by atoms with Gasteiger partial charge in [0.2, 0.25) is 0 Å². The number of amides is 1. The van der Waals surface area contributed by atoms with Gasteiger partial charge in [-0.15, -0.1) is 0 Å². The molecule has 6 heteroatoms. The molecule has 0 aromatic heterocycles. The molecule has 142 valence electrons. The largest absolute Gasteiger partial charge is 0.496 e. The van der Waals surface area contributed by atoms with Crippen molar-refractivity contribution in [2.75, 3.05) is 7.11 Å². The van der Waals surface area contributed by atoms with Gasteiger partial charge >= 0.3 is 0 Å². The van der Waals surface area contributed by atoms with Crippen LogP contribution in [0.2, 0.25) is 5.02 Å². The highest BCUT2D eigenvalue weighted by Crippen LogP contribution is 2.22. The molecule has 28 heavy (non-hydrogen) atoms. The average Bonchev–Trinajstić information content (AvgIpc) is 2.74. The number of hydrazone groups is 1. The lowest BCUT2D eigenvalue weighted by molar-refractivity contribution is 0.0952. The third-order valence-corrected chi connectivity index (χ3v) is 4.15. The highest BCUT2D eigenvalue weighted by atomic mass is 35.5. The molecule has 5 nitrogen and oxygen atoms in total. The van der Waals surface area contributed by atoms with E-state index >= 15 is 0 Å². The molecule has 3 rings (SSSR count). The van der Waals surface area contributed by atoms with Crippen LogP contribution in [-0.2, 0) is 6.61 Å². The molecule has 0 aliphatic rings. The number of carbonyl (C=O) groups is 1. The Hall–Kier alpha value is -3.31. The summed E-state index contributed by atoms with van der Waals surface area (Å²) in [5, 5.41) is 4.43. The Morgan fingerprint density at radius 2 is 1.82 bits per heavy atom. The number of hydrogen-bond donors (Lipinski definition) is 1. The third-order valence-electron chi connectivity index (χ3n) is 3.91. The molecule has 0 aliphatic carbocycles. The van der Waals surface area contributed by atoms with Crippen molar-refractivity contribution in [2.45, 2.75) is 6.61 Å². The fourth-order valence-electron chi connectivity index (χ4n) is 2.47. The lowest BCUT2D eigenvalue weighted by Crippen LogP contribution is -2.18. The second-order valence-corrected chi connectivity index (χ2v) is 6.32. The smallest absolute Gasteiger partial charge is 0.275 e. The summed E-state index contributed by atoms with van der Waals surface area (Å²) in [6.07, 6.45) is 1.55. The van der Waals surface area contributed by atoms with Crippen molar-refractivity contribution in [3.05, 3.63) is 94.5 Å². The van der Waals surface area contributed by atoms with Crippen LogP contribution in [0.1, 0.15) is 21.5 Å². The molecule has 0 radical (unpaired) electrons. The summed E-state index contributed by atoms with van der Waals surface area (Å²) in [6.45, 7) is 0.506. The number of ether oxygens (including phenoxy) is 2. The zero-order chi connectivity index (χ0) is 19.8. The van der Waals surface area contributed by atoms with Crippen molar-refractivity contribution in [2.24, 2.45) is 5.10 Å². The molecule has 0 saturated carbocycles. The van der Waals surface area contributed by atoms with Crippen molar-refractivity contribution in [1.82, 2.24) is 5.43 Å². The SMILES string of the molecule is COc1ccc(Cl)cc1C(=O)NN=Cc1ccc(OCc2ccccc2)cc1. The van der Waals surface area contributed by atoms with Crippen LogP contribution < -0.4 is 14.9 Å². The molecule has 1 amide bonds. The van der Waals surface area contributed by atoms with E-state index in [-0.39, 0.29) is 0 Å². The van der Waals surface area contributed by atoms with E-state index in [1.54, 1.807) is 18.3 Å². The molecule has 0 spiro atoms. The molecule has 0 saturated heterocycles. The van der Waals surface area contributed by atoms with Gasteiger partial charge in [0, 0.05) is 5.02 Å². The number of carbonyl (C=O) groups excluding carboxylic acids is 1. The fraction of sp³-hybridized carbons (Fsp3) is 0.0909. The lowest BCUT2D eigenvalue weighted by Gasteiger charge is -2.07. The summed E-state index contributed by atoms with van der Waals surface area (Å²) >= 11 is 5.94. The van der Waals surface area contributed by atoms with Crippen molar-refractivity contribution in [3.8, 4) is 11.5 Å². The van der Waals surface area contributed by atoms with Crippen LogP contribution in [-0.4, -0.2) is 19.2 Å². The Bertz CT molecular complexity index is 957. The minimum atomic E-state index is -0.404. The fourth-order valence-corrected chi connectivity index (χ4v) is 2.65. The summed E-state index contributed by atoms with van der Waals surface area (Å²) in [7, 11) is 1.49. The molecule has 0 atom stereocenters. The topological polar surface area (TPSA) is 59.9 Å². The van der Waals surface area contributed by atoms with E-state index in [0.717, 1.165) is 16.9 Å². The van der Waals surface area contributed by atoms with Crippen molar-refractivity contribution >= 4 is 23.7 Å². The van der Waals surface area contributed by atoms with E-state index in [4.69, 9.17) is 21.1 Å². The normalized spacial score (nSPS) is 10.6. The van der Waals surface area contributed by atoms with Gasteiger partial charge in [-0.2, -0.15) is 5.10 Å². The summed E-state index contributed by atoms with van der Waals surface area (Å²) in [5.74, 6) is 0.782. The zero-order valence-electron chi connectivity index (χ0n) is 15.3. The van der Waals surface area contributed by atoms with Crippen LogP contribution >= 0.6 is 11.6 Å². The van der Waals surface area contributed by atoms with Gasteiger partial charge in [0.15, 0.2) is 0 Å². The van der Waals surface area contributed by atoms with E-state index < -0.39 is 5.91 Å². The molecule has 0 aliphatic heterocycles. The van der Waals surface area contributed by atoms with Crippen molar-refractivity contribution in [3.63, 3.8) is 0 Å². The van der Waals surface area contributed by atoms with Gasteiger partial charge < -0.3 is 9.47 Å². The van der Waals surface area contributed by atoms with Crippen molar-refractivity contribution in [1.29, 1.82) is 0 Å². The molecule has 3 aromatic rings. The number of methoxy groups -OCH3 is 1. The number of benzene rings is 3. The maximum atomic E-state index is 12.3.